The molecule has 6 heterocycles. The zero-order valence-electron chi connectivity index (χ0n) is 31.0. The second kappa shape index (κ2) is 13.6. The fourth-order valence-electron chi connectivity index (χ4n) is 8.93. The van der Waals surface area contributed by atoms with Crippen LogP contribution in [0.25, 0.3) is 21.8 Å². The molecule has 3 aromatic heterocycles. The van der Waals surface area contributed by atoms with E-state index in [2.05, 4.69) is 42.3 Å². The Kier molecular flexibility index (Phi) is 9.07. The summed E-state index contributed by atoms with van der Waals surface area (Å²) >= 11 is 0. The smallest absolute Gasteiger partial charge is 0.245 e. The summed E-state index contributed by atoms with van der Waals surface area (Å²) in [6.07, 6.45) is 3.79. The van der Waals surface area contributed by atoms with Gasteiger partial charge in [0.15, 0.2) is 0 Å². The number of hydrogen-bond donors (Lipinski definition) is 7. The number of rotatable bonds is 8. The van der Waals surface area contributed by atoms with Crippen LogP contribution in [-0.4, -0.2) is 98.8 Å². The Hall–Kier alpha value is -5.09. The van der Waals surface area contributed by atoms with Crippen LogP contribution in [0.1, 0.15) is 74.8 Å². The van der Waals surface area contributed by atoms with Gasteiger partial charge in [-0.25, -0.2) is 4.68 Å². The molecule has 5 aromatic rings. The first-order valence-electron chi connectivity index (χ1n) is 18.6. The van der Waals surface area contributed by atoms with Crippen molar-refractivity contribution in [1.82, 2.24) is 50.9 Å². The number of aliphatic hydroxyl groups excluding tert-OH is 1. The summed E-state index contributed by atoms with van der Waals surface area (Å²) in [5.74, 6) is -1.32. The van der Waals surface area contributed by atoms with Gasteiger partial charge in [-0.05, 0) is 70.2 Å². The van der Waals surface area contributed by atoms with Crippen molar-refractivity contribution < 1.29 is 24.7 Å². The first-order valence-corrected chi connectivity index (χ1v) is 18.6. The molecule has 0 saturated carbocycles. The third kappa shape index (κ3) is 6.44. The van der Waals surface area contributed by atoms with Crippen molar-refractivity contribution in [1.29, 1.82) is 0 Å². The standard InChI is InChI=1S/C39H48N10O5/c1-38(2)15-23(16-39(3,4)49(38)54)48-19-22(45-46-48)17-41-35(51)33(21-50)44-36(52)34-14-27-25-10-6-8-12-29(25)43-32(27)20-47(34)37(53)30-13-26-24-9-5-7-11-28(24)42-31(26)18-40-30/h5-12,19,23,30,33-34,40,42-43,50,54H,13-18,20-21H2,1-4H3,(H,41,51)(H,44,52)/t30-,33+,34-/m0/s1. The van der Waals surface area contributed by atoms with Crippen LogP contribution in [0, 0.1) is 0 Å². The molecule has 3 atom stereocenters. The number of nitrogens with zero attached hydrogens (tertiary/aromatic N) is 5. The lowest BCUT2D eigenvalue weighted by Gasteiger charge is -2.51. The molecular weight excluding hydrogens is 688 g/mol. The van der Waals surface area contributed by atoms with E-state index in [4.69, 9.17) is 0 Å². The summed E-state index contributed by atoms with van der Waals surface area (Å²) in [6, 6.07) is 13.1. The zero-order chi connectivity index (χ0) is 37.9. The number of fused-ring (bicyclic) bond motifs is 6. The lowest BCUT2D eigenvalue weighted by atomic mass is 9.79. The number of benzene rings is 2. The number of aromatic amines is 2. The van der Waals surface area contributed by atoms with Crippen molar-refractivity contribution in [3.8, 4) is 0 Å². The summed E-state index contributed by atoms with van der Waals surface area (Å²) in [7, 11) is 0. The van der Waals surface area contributed by atoms with Gasteiger partial charge in [-0.1, -0.05) is 41.6 Å². The molecule has 1 saturated heterocycles. The minimum atomic E-state index is -1.26. The third-order valence-electron chi connectivity index (χ3n) is 11.5. The highest BCUT2D eigenvalue weighted by Gasteiger charge is 2.46. The Balaban J connectivity index is 0.973. The van der Waals surface area contributed by atoms with Gasteiger partial charge in [-0.15, -0.1) is 5.10 Å². The number of carbonyl (C=O) groups is 3. The number of H-pyrrole nitrogens is 2. The number of aromatic nitrogens is 5. The number of piperidine rings is 1. The predicted octanol–water partition coefficient (Wildman–Crippen LogP) is 2.59. The molecule has 284 valence electrons. The molecule has 0 radical (unpaired) electrons. The molecular formula is C39H48N10O5. The van der Waals surface area contributed by atoms with E-state index in [1.54, 1.807) is 15.8 Å². The second-order valence-electron chi connectivity index (χ2n) is 16.2. The van der Waals surface area contributed by atoms with E-state index < -0.39 is 47.6 Å². The lowest BCUT2D eigenvalue weighted by molar-refractivity contribution is -0.249. The van der Waals surface area contributed by atoms with Crippen LogP contribution in [0.4, 0.5) is 0 Å². The first-order chi connectivity index (χ1) is 25.8. The zero-order valence-corrected chi connectivity index (χ0v) is 31.0. The molecule has 15 heteroatoms. The molecule has 0 bridgehead atoms. The number of aliphatic hydroxyl groups is 1. The van der Waals surface area contributed by atoms with Crippen molar-refractivity contribution in [2.24, 2.45) is 0 Å². The van der Waals surface area contributed by atoms with Gasteiger partial charge in [0.2, 0.25) is 17.7 Å². The van der Waals surface area contributed by atoms with Gasteiger partial charge in [-0.3, -0.25) is 19.7 Å². The highest BCUT2D eigenvalue weighted by Crippen LogP contribution is 2.42. The number of carbonyl (C=O) groups excluding carboxylic acids is 3. The molecule has 0 unspecified atom stereocenters. The van der Waals surface area contributed by atoms with E-state index in [1.807, 2.05) is 70.2 Å². The Morgan fingerprint density at radius 1 is 0.926 bits per heavy atom. The van der Waals surface area contributed by atoms with Crippen LogP contribution in [0.5, 0.6) is 0 Å². The molecule has 3 aliphatic heterocycles. The summed E-state index contributed by atoms with van der Waals surface area (Å²) < 4.78 is 1.78. The number of nitrogens with one attached hydrogen (secondary N) is 5. The Bertz CT molecular complexity index is 2220. The van der Waals surface area contributed by atoms with Crippen LogP contribution in [0.3, 0.4) is 0 Å². The topological polar surface area (TPSA) is 197 Å². The molecule has 8 rings (SSSR count). The predicted molar refractivity (Wildman–Crippen MR) is 200 cm³/mol. The van der Waals surface area contributed by atoms with Crippen LogP contribution < -0.4 is 16.0 Å². The van der Waals surface area contributed by atoms with E-state index in [-0.39, 0.29) is 31.5 Å². The van der Waals surface area contributed by atoms with Gasteiger partial charge in [0.1, 0.15) is 17.8 Å². The van der Waals surface area contributed by atoms with E-state index in [1.165, 1.54) is 5.06 Å². The lowest BCUT2D eigenvalue weighted by Crippen LogP contribution is -2.60. The largest absolute Gasteiger partial charge is 0.394 e. The molecule has 0 aliphatic carbocycles. The van der Waals surface area contributed by atoms with Crippen LogP contribution in [-0.2, 0) is 46.9 Å². The summed E-state index contributed by atoms with van der Waals surface area (Å²) in [5.41, 5.74) is 5.48. The van der Waals surface area contributed by atoms with E-state index in [0.29, 0.717) is 31.5 Å². The number of hydrogen-bond acceptors (Lipinski definition) is 9. The van der Waals surface area contributed by atoms with Crippen molar-refractivity contribution in [3.63, 3.8) is 0 Å². The van der Waals surface area contributed by atoms with Crippen LogP contribution >= 0.6 is 0 Å². The third-order valence-corrected chi connectivity index (χ3v) is 11.5. The molecule has 3 amide bonds. The molecule has 15 nitrogen and oxygen atoms in total. The molecule has 2 aromatic carbocycles. The average Bonchev–Trinajstić information content (AvgIpc) is 3.89. The summed E-state index contributed by atoms with van der Waals surface area (Å²) in [4.78, 5) is 50.5. The van der Waals surface area contributed by atoms with Crippen molar-refractivity contribution in [2.45, 2.75) is 108 Å². The van der Waals surface area contributed by atoms with Crippen molar-refractivity contribution >= 4 is 39.5 Å². The summed E-state index contributed by atoms with van der Waals surface area (Å²) in [5, 5.41) is 42.0. The van der Waals surface area contributed by atoms with Gasteiger partial charge >= 0.3 is 0 Å². The van der Waals surface area contributed by atoms with Gasteiger partial charge < -0.3 is 35.8 Å². The molecule has 1 fully saturated rings. The van der Waals surface area contributed by atoms with Crippen LogP contribution in [0.15, 0.2) is 54.7 Å². The Labute approximate surface area is 312 Å². The first kappa shape index (κ1) is 35.9. The Morgan fingerprint density at radius 2 is 1.56 bits per heavy atom. The molecule has 7 N–H and O–H groups in total. The van der Waals surface area contributed by atoms with Gasteiger partial charge in [0.25, 0.3) is 0 Å². The monoisotopic (exact) mass is 736 g/mol. The van der Waals surface area contributed by atoms with Crippen molar-refractivity contribution in [2.75, 3.05) is 6.61 Å². The average molecular weight is 737 g/mol. The fraction of sp³-hybridized carbons (Fsp3) is 0.462. The highest BCUT2D eigenvalue weighted by molar-refractivity contribution is 5.96. The maximum absolute atomic E-state index is 14.4. The van der Waals surface area contributed by atoms with Gasteiger partial charge in [-0.2, -0.15) is 5.06 Å². The van der Waals surface area contributed by atoms with Gasteiger partial charge in [0, 0.05) is 57.2 Å². The quantitative estimate of drug-likeness (QED) is 0.125. The van der Waals surface area contributed by atoms with E-state index in [9.17, 15) is 24.7 Å². The Morgan fingerprint density at radius 3 is 2.22 bits per heavy atom. The fourth-order valence-corrected chi connectivity index (χ4v) is 8.93. The second-order valence-corrected chi connectivity index (χ2v) is 16.2. The highest BCUT2D eigenvalue weighted by atomic mass is 16.5. The maximum atomic E-state index is 14.4. The number of amides is 3. The maximum Gasteiger partial charge on any atom is 0.245 e. The number of para-hydroxylation sites is 2. The summed E-state index contributed by atoms with van der Waals surface area (Å²) in [6.45, 7) is 8.01. The molecule has 3 aliphatic rings. The van der Waals surface area contributed by atoms with E-state index >= 15 is 0 Å². The van der Waals surface area contributed by atoms with Gasteiger partial charge in [0.05, 0.1) is 38.0 Å². The SMILES string of the molecule is CC1(C)CC(n2cc(CNC(=O)[C@@H](CO)NC(=O)[C@@H]3Cc4c([nH]c5ccccc45)CN3C(=O)[C@@H]3Cc4c([nH]c5ccccc45)CN3)nn2)CC(C)(C)N1O. The normalized spacial score (nSPS) is 21.8. The number of hydroxylamine groups is 2. The minimum absolute atomic E-state index is 0.00753. The molecule has 0 spiro atoms. The van der Waals surface area contributed by atoms with Crippen molar-refractivity contribution in [3.05, 3.63) is 82.9 Å². The molecule has 54 heavy (non-hydrogen) atoms. The van der Waals surface area contributed by atoms with E-state index in [0.717, 1.165) is 44.3 Å². The minimum Gasteiger partial charge on any atom is -0.394 e. The van der Waals surface area contributed by atoms with Crippen LogP contribution in [0.2, 0.25) is 0 Å².